The molecule has 0 atom stereocenters. The van der Waals surface area contributed by atoms with E-state index in [0.717, 1.165) is 24.6 Å². The summed E-state index contributed by atoms with van der Waals surface area (Å²) < 4.78 is 5.59. The molecule has 0 bridgehead atoms. The zero-order valence-electron chi connectivity index (χ0n) is 11.3. The van der Waals surface area contributed by atoms with Gasteiger partial charge in [-0.2, -0.15) is 0 Å². The normalized spacial score (nSPS) is 14.6. The minimum Gasteiger partial charge on any atom is -0.494 e. The lowest BCUT2D eigenvalue weighted by atomic mass is 10.2. The Hall–Kier alpha value is -1.55. The highest BCUT2D eigenvalue weighted by molar-refractivity contribution is 5.87. The summed E-state index contributed by atoms with van der Waals surface area (Å²) >= 11 is 0. The van der Waals surface area contributed by atoms with Gasteiger partial charge in [0, 0.05) is 13.1 Å². The Morgan fingerprint density at radius 2 is 2.05 bits per heavy atom. The van der Waals surface area contributed by atoms with Gasteiger partial charge in [-0.25, -0.2) is 4.79 Å². The molecule has 2 rings (SSSR count). The van der Waals surface area contributed by atoms with Crippen LogP contribution in [-0.4, -0.2) is 42.7 Å². The lowest BCUT2D eigenvalue weighted by molar-refractivity contribution is 0.0697. The van der Waals surface area contributed by atoms with E-state index in [2.05, 4.69) is 11.9 Å². The van der Waals surface area contributed by atoms with Crippen molar-refractivity contribution in [2.45, 2.75) is 19.3 Å². The maximum atomic E-state index is 10.7. The number of ether oxygens (including phenoxy) is 1. The van der Waals surface area contributed by atoms with Crippen LogP contribution in [0.4, 0.5) is 0 Å². The molecule has 19 heavy (non-hydrogen) atoms. The van der Waals surface area contributed by atoms with Crippen molar-refractivity contribution in [2.75, 3.05) is 26.7 Å². The smallest absolute Gasteiger partial charge is 0.335 e. The van der Waals surface area contributed by atoms with Gasteiger partial charge in [-0.05, 0) is 56.5 Å². The van der Waals surface area contributed by atoms with Crippen LogP contribution in [0, 0.1) is 5.92 Å². The van der Waals surface area contributed by atoms with Gasteiger partial charge in [-0.15, -0.1) is 0 Å². The van der Waals surface area contributed by atoms with E-state index < -0.39 is 5.97 Å². The van der Waals surface area contributed by atoms with Gasteiger partial charge in [0.2, 0.25) is 0 Å². The standard InChI is InChI=1S/C15H21NO3/c1-16(11-12-3-4-12)9-2-10-19-14-7-5-13(6-8-14)15(17)18/h5-8,12H,2-4,9-11H2,1H3,(H,17,18). The predicted molar refractivity (Wildman–Crippen MR) is 73.7 cm³/mol. The van der Waals surface area contributed by atoms with Crippen molar-refractivity contribution in [3.63, 3.8) is 0 Å². The SMILES string of the molecule is CN(CCCOc1ccc(C(=O)O)cc1)CC1CC1. The van der Waals surface area contributed by atoms with Crippen LogP contribution in [0.2, 0.25) is 0 Å². The zero-order valence-corrected chi connectivity index (χ0v) is 11.3. The van der Waals surface area contributed by atoms with E-state index in [9.17, 15) is 4.79 Å². The minimum atomic E-state index is -0.909. The van der Waals surface area contributed by atoms with Crippen molar-refractivity contribution in [1.29, 1.82) is 0 Å². The van der Waals surface area contributed by atoms with Crippen LogP contribution < -0.4 is 4.74 Å². The Morgan fingerprint density at radius 1 is 1.37 bits per heavy atom. The third-order valence-corrected chi connectivity index (χ3v) is 3.32. The van der Waals surface area contributed by atoms with Gasteiger partial charge in [0.25, 0.3) is 0 Å². The molecule has 0 radical (unpaired) electrons. The molecule has 1 saturated carbocycles. The monoisotopic (exact) mass is 263 g/mol. The number of aromatic carboxylic acids is 1. The molecule has 1 aliphatic carbocycles. The Morgan fingerprint density at radius 3 is 2.63 bits per heavy atom. The van der Waals surface area contributed by atoms with Crippen molar-refractivity contribution in [2.24, 2.45) is 5.92 Å². The summed E-state index contributed by atoms with van der Waals surface area (Å²) in [6, 6.07) is 6.54. The molecule has 1 N–H and O–H groups in total. The molecule has 1 aliphatic rings. The summed E-state index contributed by atoms with van der Waals surface area (Å²) in [5.74, 6) is 0.748. The fourth-order valence-corrected chi connectivity index (χ4v) is 2.05. The quantitative estimate of drug-likeness (QED) is 0.732. The van der Waals surface area contributed by atoms with E-state index in [0.29, 0.717) is 6.61 Å². The number of rotatable bonds is 8. The number of carbonyl (C=O) groups is 1. The summed E-state index contributed by atoms with van der Waals surface area (Å²) in [4.78, 5) is 13.1. The summed E-state index contributed by atoms with van der Waals surface area (Å²) in [6.07, 6.45) is 3.76. The minimum absolute atomic E-state index is 0.288. The van der Waals surface area contributed by atoms with Crippen LogP contribution in [0.25, 0.3) is 0 Å². The number of carboxylic acid groups (broad SMARTS) is 1. The average Bonchev–Trinajstić information content (AvgIpc) is 3.19. The van der Waals surface area contributed by atoms with Crippen LogP contribution in [0.15, 0.2) is 24.3 Å². The molecule has 4 nitrogen and oxygen atoms in total. The highest BCUT2D eigenvalue weighted by Crippen LogP contribution is 2.29. The molecule has 1 aromatic carbocycles. The summed E-state index contributed by atoms with van der Waals surface area (Å²) in [6.45, 7) is 2.92. The molecule has 0 unspecified atom stereocenters. The van der Waals surface area contributed by atoms with Crippen molar-refractivity contribution in [1.82, 2.24) is 4.90 Å². The molecule has 1 fully saturated rings. The first kappa shape index (κ1) is 13.9. The molecule has 0 aromatic heterocycles. The Kier molecular flexibility index (Phi) is 4.80. The van der Waals surface area contributed by atoms with Crippen LogP contribution in [0.5, 0.6) is 5.75 Å². The van der Waals surface area contributed by atoms with Gasteiger partial charge in [0.05, 0.1) is 12.2 Å². The van der Waals surface area contributed by atoms with Crippen LogP contribution in [0.3, 0.4) is 0 Å². The Labute approximate surface area is 114 Å². The highest BCUT2D eigenvalue weighted by atomic mass is 16.5. The van der Waals surface area contributed by atoms with E-state index in [1.54, 1.807) is 24.3 Å². The average molecular weight is 263 g/mol. The molecule has 0 amide bonds. The molecular weight excluding hydrogens is 242 g/mol. The lowest BCUT2D eigenvalue weighted by Crippen LogP contribution is -2.23. The van der Waals surface area contributed by atoms with Crippen molar-refractivity contribution in [3.8, 4) is 5.75 Å². The highest BCUT2D eigenvalue weighted by Gasteiger charge is 2.22. The summed E-state index contributed by atoms with van der Waals surface area (Å²) in [5, 5.41) is 8.78. The maximum Gasteiger partial charge on any atom is 0.335 e. The zero-order chi connectivity index (χ0) is 13.7. The van der Waals surface area contributed by atoms with Gasteiger partial charge >= 0.3 is 5.97 Å². The van der Waals surface area contributed by atoms with Gasteiger partial charge in [0.15, 0.2) is 0 Å². The lowest BCUT2D eigenvalue weighted by Gasteiger charge is -2.16. The maximum absolute atomic E-state index is 10.7. The fraction of sp³-hybridized carbons (Fsp3) is 0.533. The van der Waals surface area contributed by atoms with Gasteiger partial charge < -0.3 is 14.7 Å². The second kappa shape index (κ2) is 6.57. The first-order chi connectivity index (χ1) is 9.15. The van der Waals surface area contributed by atoms with E-state index >= 15 is 0 Å². The van der Waals surface area contributed by atoms with E-state index in [1.807, 2.05) is 0 Å². The molecule has 0 heterocycles. The van der Waals surface area contributed by atoms with E-state index in [-0.39, 0.29) is 5.56 Å². The van der Waals surface area contributed by atoms with Crippen LogP contribution in [0.1, 0.15) is 29.6 Å². The molecule has 104 valence electrons. The van der Waals surface area contributed by atoms with Crippen LogP contribution in [-0.2, 0) is 0 Å². The number of nitrogens with zero attached hydrogens (tertiary/aromatic N) is 1. The van der Waals surface area contributed by atoms with Gasteiger partial charge in [0.1, 0.15) is 5.75 Å². The second-order valence-electron chi connectivity index (χ2n) is 5.24. The largest absolute Gasteiger partial charge is 0.494 e. The Bertz CT molecular complexity index is 412. The molecular formula is C15H21NO3. The third kappa shape index (κ3) is 4.91. The third-order valence-electron chi connectivity index (χ3n) is 3.32. The number of hydrogen-bond donors (Lipinski definition) is 1. The van der Waals surface area contributed by atoms with E-state index in [4.69, 9.17) is 9.84 Å². The number of hydrogen-bond acceptors (Lipinski definition) is 3. The van der Waals surface area contributed by atoms with Crippen molar-refractivity contribution >= 4 is 5.97 Å². The first-order valence-electron chi connectivity index (χ1n) is 6.80. The Balaban J connectivity index is 1.63. The molecule has 1 aromatic rings. The fourth-order valence-electron chi connectivity index (χ4n) is 2.05. The molecule has 4 heteroatoms. The molecule has 0 spiro atoms. The number of carboxylic acids is 1. The summed E-state index contributed by atoms with van der Waals surface area (Å²) in [5.41, 5.74) is 0.288. The molecule has 0 saturated heterocycles. The topological polar surface area (TPSA) is 49.8 Å². The van der Waals surface area contributed by atoms with Crippen molar-refractivity contribution in [3.05, 3.63) is 29.8 Å². The second-order valence-corrected chi connectivity index (χ2v) is 5.24. The number of benzene rings is 1. The summed E-state index contributed by atoms with van der Waals surface area (Å²) in [7, 11) is 2.15. The van der Waals surface area contributed by atoms with Crippen LogP contribution >= 0.6 is 0 Å². The molecule has 0 aliphatic heterocycles. The van der Waals surface area contributed by atoms with Crippen molar-refractivity contribution < 1.29 is 14.6 Å². The van der Waals surface area contributed by atoms with E-state index in [1.165, 1.54) is 19.4 Å². The van der Waals surface area contributed by atoms with Gasteiger partial charge in [-0.1, -0.05) is 0 Å². The predicted octanol–water partition coefficient (Wildman–Crippen LogP) is 2.50. The first-order valence-corrected chi connectivity index (χ1v) is 6.80. The van der Waals surface area contributed by atoms with Gasteiger partial charge in [-0.3, -0.25) is 0 Å².